The molecule has 4 rings (SSSR count). The highest BCUT2D eigenvalue weighted by Gasteiger charge is 2.12. The predicted molar refractivity (Wildman–Crippen MR) is 126 cm³/mol. The van der Waals surface area contributed by atoms with E-state index < -0.39 is 0 Å². The van der Waals surface area contributed by atoms with E-state index in [0.717, 1.165) is 29.9 Å². The number of nitrogens with zero attached hydrogens (tertiary/aromatic N) is 2. The van der Waals surface area contributed by atoms with Crippen LogP contribution in [-0.4, -0.2) is 42.6 Å². The average Bonchev–Trinajstić information content (AvgIpc) is 3.30. The zero-order chi connectivity index (χ0) is 21.6. The highest BCUT2D eigenvalue weighted by atomic mass is 16.5. The van der Waals surface area contributed by atoms with E-state index >= 15 is 0 Å². The standard InChI is InChI=1S/C26H29N3O2/c1-19(13-20-5-8-22(9-6-20)26(30)31-2)16-27-24-15-23-14-21(7-10-25(23)28-17-24)18-29-11-3-4-12-29/h5-10,13-15,17,27H,3-4,11-12,16,18H2,1-2H3. The van der Waals surface area contributed by atoms with E-state index in [0.29, 0.717) is 5.56 Å². The molecule has 0 bridgehead atoms. The van der Waals surface area contributed by atoms with Crippen LogP contribution >= 0.6 is 0 Å². The van der Waals surface area contributed by atoms with Gasteiger partial charge in [-0.05, 0) is 74.3 Å². The molecule has 0 atom stereocenters. The fourth-order valence-electron chi connectivity index (χ4n) is 3.99. The number of methoxy groups -OCH3 is 1. The lowest BCUT2D eigenvalue weighted by atomic mass is 10.1. The van der Waals surface area contributed by atoms with Gasteiger partial charge >= 0.3 is 5.97 Å². The van der Waals surface area contributed by atoms with Gasteiger partial charge in [-0.25, -0.2) is 4.79 Å². The summed E-state index contributed by atoms with van der Waals surface area (Å²) >= 11 is 0. The topological polar surface area (TPSA) is 54.5 Å². The van der Waals surface area contributed by atoms with Gasteiger partial charge in [0.1, 0.15) is 0 Å². The lowest BCUT2D eigenvalue weighted by Crippen LogP contribution is -2.18. The first-order valence-electron chi connectivity index (χ1n) is 10.8. The van der Waals surface area contributed by atoms with Gasteiger partial charge in [0.2, 0.25) is 0 Å². The highest BCUT2D eigenvalue weighted by molar-refractivity contribution is 5.89. The number of esters is 1. The number of likely N-dealkylation sites (tertiary alicyclic amines) is 1. The third-order valence-electron chi connectivity index (χ3n) is 5.67. The Balaban J connectivity index is 1.40. The van der Waals surface area contributed by atoms with Crippen LogP contribution in [0.4, 0.5) is 5.69 Å². The SMILES string of the molecule is COC(=O)c1ccc(C=C(C)CNc2cnc3ccc(CN4CCCC4)cc3c2)cc1. The van der Waals surface area contributed by atoms with Crippen LogP contribution in [0.5, 0.6) is 0 Å². The first-order valence-corrected chi connectivity index (χ1v) is 10.8. The Kier molecular flexibility index (Phi) is 6.63. The number of carbonyl (C=O) groups is 1. The number of ether oxygens (including phenoxy) is 1. The molecular weight excluding hydrogens is 386 g/mol. The van der Waals surface area contributed by atoms with Crippen LogP contribution in [0.2, 0.25) is 0 Å². The van der Waals surface area contributed by atoms with Crippen molar-refractivity contribution in [3.05, 3.63) is 77.0 Å². The monoisotopic (exact) mass is 415 g/mol. The first kappa shape index (κ1) is 21.1. The fraction of sp³-hybridized carbons (Fsp3) is 0.308. The molecule has 0 amide bonds. The van der Waals surface area contributed by atoms with Crippen LogP contribution < -0.4 is 5.32 Å². The minimum absolute atomic E-state index is 0.318. The molecule has 1 aliphatic heterocycles. The van der Waals surface area contributed by atoms with Crippen LogP contribution in [0.1, 0.15) is 41.3 Å². The Bertz CT molecular complexity index is 1080. The maximum absolute atomic E-state index is 11.6. The smallest absolute Gasteiger partial charge is 0.337 e. The highest BCUT2D eigenvalue weighted by Crippen LogP contribution is 2.21. The number of carbonyl (C=O) groups excluding carboxylic acids is 1. The van der Waals surface area contributed by atoms with E-state index in [4.69, 9.17) is 4.74 Å². The lowest BCUT2D eigenvalue weighted by molar-refractivity contribution is 0.0600. The number of fused-ring (bicyclic) bond motifs is 1. The molecule has 2 heterocycles. The number of rotatable bonds is 7. The summed E-state index contributed by atoms with van der Waals surface area (Å²) in [6.07, 6.45) is 6.62. The van der Waals surface area contributed by atoms with Gasteiger partial charge in [0, 0.05) is 18.5 Å². The van der Waals surface area contributed by atoms with E-state index in [1.807, 2.05) is 18.3 Å². The lowest BCUT2D eigenvalue weighted by Gasteiger charge is -2.15. The summed E-state index contributed by atoms with van der Waals surface area (Å²) in [6, 6.07) is 16.2. The number of anilines is 1. The number of pyridine rings is 1. The molecule has 1 fully saturated rings. The Morgan fingerprint density at radius 1 is 1.13 bits per heavy atom. The third-order valence-corrected chi connectivity index (χ3v) is 5.67. The molecule has 0 unspecified atom stereocenters. The van der Waals surface area contributed by atoms with E-state index in [1.54, 1.807) is 12.1 Å². The maximum Gasteiger partial charge on any atom is 0.337 e. The van der Waals surface area contributed by atoms with Crippen molar-refractivity contribution < 1.29 is 9.53 Å². The average molecular weight is 416 g/mol. The van der Waals surface area contributed by atoms with Crippen molar-refractivity contribution in [3.8, 4) is 0 Å². The van der Waals surface area contributed by atoms with Gasteiger partial charge in [0.05, 0.1) is 30.1 Å². The Morgan fingerprint density at radius 2 is 1.90 bits per heavy atom. The molecule has 5 nitrogen and oxygen atoms in total. The largest absolute Gasteiger partial charge is 0.465 e. The molecule has 160 valence electrons. The van der Waals surface area contributed by atoms with Crippen LogP contribution in [-0.2, 0) is 11.3 Å². The van der Waals surface area contributed by atoms with Gasteiger partial charge < -0.3 is 10.1 Å². The summed E-state index contributed by atoms with van der Waals surface area (Å²) in [5, 5.41) is 4.64. The molecule has 0 radical (unpaired) electrons. The van der Waals surface area contributed by atoms with Crippen LogP contribution in [0.15, 0.2) is 60.3 Å². The zero-order valence-electron chi connectivity index (χ0n) is 18.2. The number of benzene rings is 2. The molecule has 1 N–H and O–H groups in total. The predicted octanol–water partition coefficient (Wildman–Crippen LogP) is 5.13. The second-order valence-electron chi connectivity index (χ2n) is 8.19. The quantitative estimate of drug-likeness (QED) is 0.542. The van der Waals surface area contributed by atoms with Gasteiger partial charge in [-0.2, -0.15) is 0 Å². The normalized spacial score (nSPS) is 14.7. The van der Waals surface area contributed by atoms with E-state index in [-0.39, 0.29) is 5.97 Å². The summed E-state index contributed by atoms with van der Waals surface area (Å²) in [6.45, 7) is 6.23. The Labute approximate surface area is 183 Å². The number of hydrogen-bond acceptors (Lipinski definition) is 5. The van der Waals surface area contributed by atoms with E-state index in [2.05, 4.69) is 52.5 Å². The van der Waals surface area contributed by atoms with Gasteiger partial charge in [-0.15, -0.1) is 0 Å². The molecule has 2 aromatic carbocycles. The summed E-state index contributed by atoms with van der Waals surface area (Å²) in [5.41, 5.74) is 6.18. The summed E-state index contributed by atoms with van der Waals surface area (Å²) in [4.78, 5) is 18.7. The third kappa shape index (κ3) is 5.50. The van der Waals surface area contributed by atoms with Crippen LogP contribution in [0.25, 0.3) is 17.0 Å². The molecule has 31 heavy (non-hydrogen) atoms. The van der Waals surface area contributed by atoms with Crippen molar-refractivity contribution in [3.63, 3.8) is 0 Å². The molecular formula is C26H29N3O2. The number of nitrogens with one attached hydrogen (secondary N) is 1. The number of hydrogen-bond donors (Lipinski definition) is 1. The fourth-order valence-corrected chi connectivity index (χ4v) is 3.99. The summed E-state index contributed by atoms with van der Waals surface area (Å²) in [5.74, 6) is -0.318. The van der Waals surface area contributed by atoms with E-state index in [1.165, 1.54) is 49.6 Å². The van der Waals surface area contributed by atoms with Crippen molar-refractivity contribution >= 4 is 28.6 Å². The second kappa shape index (κ2) is 9.75. The Hall–Kier alpha value is -3.18. The van der Waals surface area contributed by atoms with Crippen molar-refractivity contribution in [1.82, 2.24) is 9.88 Å². The molecule has 0 spiro atoms. The maximum atomic E-state index is 11.6. The van der Waals surface area contributed by atoms with Crippen LogP contribution in [0.3, 0.4) is 0 Å². The van der Waals surface area contributed by atoms with Crippen molar-refractivity contribution in [2.24, 2.45) is 0 Å². The van der Waals surface area contributed by atoms with Gasteiger partial charge in [0.15, 0.2) is 0 Å². The van der Waals surface area contributed by atoms with Gasteiger partial charge in [-0.1, -0.05) is 29.8 Å². The molecule has 5 heteroatoms. The Morgan fingerprint density at radius 3 is 2.65 bits per heavy atom. The summed E-state index contributed by atoms with van der Waals surface area (Å²) < 4.78 is 4.74. The minimum atomic E-state index is -0.318. The van der Waals surface area contributed by atoms with Crippen LogP contribution in [0, 0.1) is 0 Å². The van der Waals surface area contributed by atoms with Crippen molar-refractivity contribution in [2.45, 2.75) is 26.3 Å². The molecule has 1 aromatic heterocycles. The minimum Gasteiger partial charge on any atom is -0.465 e. The molecule has 1 aliphatic rings. The summed E-state index contributed by atoms with van der Waals surface area (Å²) in [7, 11) is 1.39. The molecule has 0 aliphatic carbocycles. The van der Waals surface area contributed by atoms with Gasteiger partial charge in [0.25, 0.3) is 0 Å². The first-order chi connectivity index (χ1) is 15.1. The van der Waals surface area contributed by atoms with Crippen molar-refractivity contribution in [2.75, 3.05) is 32.1 Å². The molecule has 0 saturated carbocycles. The van der Waals surface area contributed by atoms with Crippen molar-refractivity contribution in [1.29, 1.82) is 0 Å². The molecule has 3 aromatic rings. The van der Waals surface area contributed by atoms with Gasteiger partial charge in [-0.3, -0.25) is 9.88 Å². The zero-order valence-corrected chi connectivity index (χ0v) is 18.2. The van der Waals surface area contributed by atoms with E-state index in [9.17, 15) is 4.79 Å². The molecule has 1 saturated heterocycles. The number of aromatic nitrogens is 1. The second-order valence-corrected chi connectivity index (χ2v) is 8.19.